The molecule has 1 fully saturated rings. The zero-order valence-electron chi connectivity index (χ0n) is 13.0. The highest BCUT2D eigenvalue weighted by atomic mass is 16.4. The van der Waals surface area contributed by atoms with Gasteiger partial charge in [-0.3, -0.25) is 9.59 Å². The molecule has 1 aromatic heterocycles. The second-order valence-electron chi connectivity index (χ2n) is 6.20. The topological polar surface area (TPSA) is 73.4 Å². The highest BCUT2D eigenvalue weighted by Crippen LogP contribution is 2.28. The lowest BCUT2D eigenvalue weighted by atomic mass is 10.0. The Labute approximate surface area is 128 Å². The number of rotatable bonds is 2. The largest absolute Gasteiger partial charge is 0.481 e. The molecular formula is C17H20N2O3. The molecule has 1 aliphatic heterocycles. The van der Waals surface area contributed by atoms with Crippen LogP contribution in [0.4, 0.5) is 0 Å². The Balaban J connectivity index is 1.93. The number of carbonyl (C=O) groups is 2. The summed E-state index contributed by atoms with van der Waals surface area (Å²) in [7, 11) is 0. The molecule has 1 aliphatic rings. The van der Waals surface area contributed by atoms with Crippen molar-refractivity contribution < 1.29 is 14.7 Å². The van der Waals surface area contributed by atoms with Gasteiger partial charge in [-0.1, -0.05) is 6.07 Å². The van der Waals surface area contributed by atoms with E-state index in [4.69, 9.17) is 0 Å². The van der Waals surface area contributed by atoms with Gasteiger partial charge < -0.3 is 15.0 Å². The van der Waals surface area contributed by atoms with Crippen molar-refractivity contribution in [3.05, 3.63) is 35.0 Å². The zero-order valence-corrected chi connectivity index (χ0v) is 13.0. The number of aromatic nitrogens is 1. The van der Waals surface area contributed by atoms with Crippen LogP contribution in [0.1, 0.15) is 35.0 Å². The summed E-state index contributed by atoms with van der Waals surface area (Å²) >= 11 is 0. The van der Waals surface area contributed by atoms with Gasteiger partial charge in [0.25, 0.3) is 5.91 Å². The Hall–Kier alpha value is -2.30. The molecule has 0 bridgehead atoms. The molecule has 1 saturated heterocycles. The third-order valence-corrected chi connectivity index (χ3v) is 4.65. The summed E-state index contributed by atoms with van der Waals surface area (Å²) in [5, 5.41) is 10.2. The highest BCUT2D eigenvalue weighted by molar-refractivity contribution is 5.99. The molecule has 2 unspecified atom stereocenters. The second kappa shape index (κ2) is 5.16. The first-order chi connectivity index (χ1) is 10.4. The number of amides is 1. The van der Waals surface area contributed by atoms with E-state index in [2.05, 4.69) is 11.1 Å². The summed E-state index contributed by atoms with van der Waals surface area (Å²) in [6.45, 7) is 6.34. The third-order valence-electron chi connectivity index (χ3n) is 4.65. The van der Waals surface area contributed by atoms with Crippen molar-refractivity contribution in [2.45, 2.75) is 33.2 Å². The van der Waals surface area contributed by atoms with Crippen LogP contribution in [0.25, 0.3) is 10.9 Å². The number of nitrogens with one attached hydrogen (secondary N) is 1. The van der Waals surface area contributed by atoms with Crippen molar-refractivity contribution in [1.29, 1.82) is 0 Å². The first kappa shape index (κ1) is 14.6. The first-order valence-electron chi connectivity index (χ1n) is 7.52. The zero-order chi connectivity index (χ0) is 16.0. The van der Waals surface area contributed by atoms with Crippen LogP contribution in [0.2, 0.25) is 0 Å². The van der Waals surface area contributed by atoms with E-state index in [-0.39, 0.29) is 11.9 Å². The smallest absolute Gasteiger partial charge is 0.308 e. The van der Waals surface area contributed by atoms with Gasteiger partial charge in [0.05, 0.1) is 5.92 Å². The van der Waals surface area contributed by atoms with E-state index in [0.717, 1.165) is 22.0 Å². The summed E-state index contributed by atoms with van der Waals surface area (Å²) in [6.07, 6.45) is 0.514. The number of fused-ring (bicyclic) bond motifs is 1. The molecule has 5 heteroatoms. The number of aryl methyl sites for hydroxylation is 2. The fourth-order valence-corrected chi connectivity index (χ4v) is 3.43. The Bertz CT molecular complexity index is 763. The molecule has 22 heavy (non-hydrogen) atoms. The Morgan fingerprint density at radius 2 is 2.00 bits per heavy atom. The Morgan fingerprint density at radius 1 is 1.27 bits per heavy atom. The quantitative estimate of drug-likeness (QED) is 0.895. The van der Waals surface area contributed by atoms with Gasteiger partial charge in [0.2, 0.25) is 0 Å². The predicted octanol–water partition coefficient (Wildman–Crippen LogP) is 2.72. The van der Waals surface area contributed by atoms with Crippen LogP contribution in [0, 0.1) is 19.8 Å². The van der Waals surface area contributed by atoms with Crippen LogP contribution in [0.5, 0.6) is 0 Å². The fourth-order valence-electron chi connectivity index (χ4n) is 3.43. The van der Waals surface area contributed by atoms with Gasteiger partial charge in [-0.15, -0.1) is 0 Å². The molecule has 2 heterocycles. The summed E-state index contributed by atoms with van der Waals surface area (Å²) in [5.74, 6) is -1.42. The van der Waals surface area contributed by atoms with E-state index in [1.807, 2.05) is 32.9 Å². The molecule has 2 aromatic rings. The lowest BCUT2D eigenvalue weighted by Crippen LogP contribution is -2.37. The monoisotopic (exact) mass is 300 g/mol. The number of benzene rings is 1. The molecule has 1 amide bonds. The fraction of sp³-hybridized carbons (Fsp3) is 0.412. The van der Waals surface area contributed by atoms with E-state index in [0.29, 0.717) is 18.7 Å². The van der Waals surface area contributed by atoms with Crippen LogP contribution in [-0.4, -0.2) is 39.5 Å². The summed E-state index contributed by atoms with van der Waals surface area (Å²) in [5.41, 5.74) is 3.75. The van der Waals surface area contributed by atoms with Gasteiger partial charge in [0, 0.05) is 23.5 Å². The number of aromatic amines is 1. The predicted molar refractivity (Wildman–Crippen MR) is 84.0 cm³/mol. The molecule has 3 rings (SSSR count). The van der Waals surface area contributed by atoms with Crippen LogP contribution in [0.3, 0.4) is 0 Å². The number of carbonyl (C=O) groups excluding carboxylic acids is 1. The van der Waals surface area contributed by atoms with Crippen molar-refractivity contribution >= 4 is 22.8 Å². The number of likely N-dealkylation sites (tertiary alicyclic amines) is 1. The highest BCUT2D eigenvalue weighted by Gasteiger charge is 2.38. The molecular weight excluding hydrogens is 280 g/mol. The number of carboxylic acids is 1. The Morgan fingerprint density at radius 3 is 2.64 bits per heavy atom. The van der Waals surface area contributed by atoms with Crippen molar-refractivity contribution in [3.8, 4) is 0 Å². The molecule has 0 saturated carbocycles. The van der Waals surface area contributed by atoms with Crippen LogP contribution in [-0.2, 0) is 4.79 Å². The van der Waals surface area contributed by atoms with Crippen molar-refractivity contribution in [1.82, 2.24) is 9.88 Å². The molecule has 1 aromatic carbocycles. The van der Waals surface area contributed by atoms with E-state index < -0.39 is 11.9 Å². The van der Waals surface area contributed by atoms with Gasteiger partial charge in [-0.05, 0) is 50.5 Å². The van der Waals surface area contributed by atoms with Crippen LogP contribution in [0.15, 0.2) is 18.2 Å². The van der Waals surface area contributed by atoms with E-state index in [9.17, 15) is 14.7 Å². The number of carboxylic acid groups (broad SMARTS) is 1. The second-order valence-corrected chi connectivity index (χ2v) is 6.20. The molecule has 116 valence electrons. The molecule has 0 radical (unpaired) electrons. The van der Waals surface area contributed by atoms with Crippen LogP contribution < -0.4 is 0 Å². The van der Waals surface area contributed by atoms with Gasteiger partial charge >= 0.3 is 5.97 Å². The summed E-state index contributed by atoms with van der Waals surface area (Å²) in [6, 6.07) is 5.70. The molecule has 2 N–H and O–H groups in total. The third kappa shape index (κ3) is 2.26. The van der Waals surface area contributed by atoms with E-state index in [1.54, 1.807) is 4.90 Å². The number of aliphatic carboxylic acids is 1. The standard InChI is InChI=1S/C17H20N2O3/c1-9-6-10(2)13-8-15(18-14(13)7-9)16(20)19-5-4-12(11(19)3)17(21)22/h6-8,11-12,18H,4-5H2,1-3H3,(H,21,22). The minimum atomic E-state index is -0.828. The normalized spacial score (nSPS) is 21.5. The van der Waals surface area contributed by atoms with Crippen molar-refractivity contribution in [2.75, 3.05) is 6.54 Å². The maximum absolute atomic E-state index is 12.7. The van der Waals surface area contributed by atoms with Gasteiger partial charge in [-0.2, -0.15) is 0 Å². The van der Waals surface area contributed by atoms with Gasteiger partial charge in [-0.25, -0.2) is 0 Å². The summed E-state index contributed by atoms with van der Waals surface area (Å²) < 4.78 is 0. The molecule has 2 atom stereocenters. The number of hydrogen-bond acceptors (Lipinski definition) is 2. The van der Waals surface area contributed by atoms with E-state index >= 15 is 0 Å². The number of nitrogens with zero attached hydrogens (tertiary/aromatic N) is 1. The molecule has 0 spiro atoms. The van der Waals surface area contributed by atoms with Crippen molar-refractivity contribution in [3.63, 3.8) is 0 Å². The molecule has 0 aliphatic carbocycles. The minimum absolute atomic E-state index is 0.121. The minimum Gasteiger partial charge on any atom is -0.481 e. The molecule has 5 nitrogen and oxygen atoms in total. The number of hydrogen-bond donors (Lipinski definition) is 2. The van der Waals surface area contributed by atoms with Crippen molar-refractivity contribution in [2.24, 2.45) is 5.92 Å². The van der Waals surface area contributed by atoms with E-state index in [1.165, 1.54) is 0 Å². The average molecular weight is 300 g/mol. The van der Waals surface area contributed by atoms with Crippen LogP contribution >= 0.6 is 0 Å². The average Bonchev–Trinajstić information content (AvgIpc) is 3.01. The maximum Gasteiger partial charge on any atom is 0.308 e. The Kier molecular flexibility index (Phi) is 3.43. The van der Waals surface area contributed by atoms with Gasteiger partial charge in [0.15, 0.2) is 0 Å². The lowest BCUT2D eigenvalue weighted by Gasteiger charge is -2.22. The number of H-pyrrole nitrogens is 1. The summed E-state index contributed by atoms with van der Waals surface area (Å²) in [4.78, 5) is 28.7. The maximum atomic E-state index is 12.7. The first-order valence-corrected chi connectivity index (χ1v) is 7.52. The lowest BCUT2D eigenvalue weighted by molar-refractivity contribution is -0.142. The van der Waals surface area contributed by atoms with Gasteiger partial charge in [0.1, 0.15) is 5.69 Å². The SMILES string of the molecule is Cc1cc(C)c2cc(C(=O)N3CCC(C(=O)O)C3C)[nH]c2c1.